The largest absolute Gasteiger partial charge is 0.455 e. The van der Waals surface area contributed by atoms with Crippen LogP contribution in [0.15, 0.2) is 241 Å². The van der Waals surface area contributed by atoms with Gasteiger partial charge in [0.15, 0.2) is 0 Å². The number of furan rings is 1. The molecule has 306 valence electrons. The molecular weight excluding hydrogens is 799 g/mol. The van der Waals surface area contributed by atoms with E-state index >= 15 is 0 Å². The Bertz CT molecular complexity index is 4040. The van der Waals surface area contributed by atoms with Crippen molar-refractivity contribution in [2.45, 2.75) is 0 Å². The Labute approximate surface area is 380 Å². The summed E-state index contributed by atoms with van der Waals surface area (Å²) in [5.74, 6) is 0. The van der Waals surface area contributed by atoms with Gasteiger partial charge < -0.3 is 9.32 Å². The zero-order valence-electron chi connectivity index (χ0n) is 35.9. The lowest BCUT2D eigenvalue weighted by molar-refractivity contribution is 0.672. The van der Waals surface area contributed by atoms with Gasteiger partial charge in [-0.3, -0.25) is 0 Å². The molecule has 0 unspecified atom stereocenters. The van der Waals surface area contributed by atoms with Crippen molar-refractivity contribution < 1.29 is 4.42 Å². The van der Waals surface area contributed by atoms with Crippen LogP contribution in [0.25, 0.3) is 120 Å². The number of fused-ring (bicyclic) bond motifs is 17. The fourth-order valence-electron chi connectivity index (χ4n) is 10.9. The predicted molar refractivity (Wildman–Crippen MR) is 282 cm³/mol. The smallest absolute Gasteiger partial charge is 0.143 e. The number of anilines is 3. The lowest BCUT2D eigenvalue weighted by atomic mass is 9.92. The number of nitrogens with zero attached hydrogens (tertiary/aromatic N) is 1. The summed E-state index contributed by atoms with van der Waals surface area (Å²) in [6, 6.07) is 86.6. The molecule has 66 heavy (non-hydrogen) atoms. The average molecular weight is 838 g/mol. The molecule has 14 aromatic rings. The van der Waals surface area contributed by atoms with Crippen LogP contribution in [-0.2, 0) is 0 Å². The third-order valence-corrected chi connectivity index (χ3v) is 14.0. The molecule has 14 rings (SSSR count). The van der Waals surface area contributed by atoms with E-state index in [0.717, 1.165) is 55.5 Å². The second-order valence-electron chi connectivity index (χ2n) is 17.6. The summed E-state index contributed by atoms with van der Waals surface area (Å²) in [6.45, 7) is 0. The van der Waals surface area contributed by atoms with E-state index in [9.17, 15) is 0 Å². The minimum Gasteiger partial charge on any atom is -0.455 e. The highest BCUT2D eigenvalue weighted by molar-refractivity contribution is 6.27. The molecular formula is C64H39NO. The van der Waals surface area contributed by atoms with Crippen LogP contribution in [0.3, 0.4) is 0 Å². The highest BCUT2D eigenvalue weighted by Crippen LogP contribution is 2.44. The maximum atomic E-state index is 6.80. The van der Waals surface area contributed by atoms with Crippen molar-refractivity contribution in [3.05, 3.63) is 237 Å². The molecule has 0 radical (unpaired) electrons. The fraction of sp³-hybridized carbons (Fsp3) is 0. The summed E-state index contributed by atoms with van der Waals surface area (Å²) < 4.78 is 6.80. The normalized spacial score (nSPS) is 11.9. The quantitative estimate of drug-likeness (QED) is 0.161. The van der Waals surface area contributed by atoms with Crippen molar-refractivity contribution in [1.29, 1.82) is 0 Å². The maximum absolute atomic E-state index is 6.80. The minimum atomic E-state index is 0.860. The van der Waals surface area contributed by atoms with E-state index in [-0.39, 0.29) is 0 Å². The molecule has 1 aromatic heterocycles. The van der Waals surface area contributed by atoms with E-state index in [1.54, 1.807) is 0 Å². The Kier molecular flexibility index (Phi) is 8.02. The van der Waals surface area contributed by atoms with Crippen molar-refractivity contribution in [3.63, 3.8) is 0 Å². The van der Waals surface area contributed by atoms with Gasteiger partial charge in [-0.15, -0.1) is 0 Å². The molecule has 0 aliphatic carbocycles. The first-order valence-corrected chi connectivity index (χ1v) is 22.7. The highest BCUT2D eigenvalue weighted by atomic mass is 16.3. The molecule has 2 nitrogen and oxygen atoms in total. The minimum absolute atomic E-state index is 0.860. The van der Waals surface area contributed by atoms with Crippen LogP contribution in [0.2, 0.25) is 0 Å². The second-order valence-corrected chi connectivity index (χ2v) is 17.6. The van der Waals surface area contributed by atoms with Crippen LogP contribution >= 0.6 is 0 Å². The van der Waals surface area contributed by atoms with Gasteiger partial charge in [-0.2, -0.15) is 0 Å². The zero-order valence-corrected chi connectivity index (χ0v) is 35.9. The SMILES string of the molecule is c1cc(-c2ccc3c4ccccc4c4ccccc4c3c2)cc(N(c2cccc(-c3ccc4c5ccccc5c5ccccc5c4c3)c2)c2ccc3c(c2)oc2c4ccccc4ccc32)c1. The second kappa shape index (κ2) is 14.4. The van der Waals surface area contributed by atoms with Gasteiger partial charge in [0.25, 0.3) is 0 Å². The van der Waals surface area contributed by atoms with Crippen molar-refractivity contribution in [2.75, 3.05) is 4.90 Å². The Hall–Kier alpha value is -8.72. The van der Waals surface area contributed by atoms with E-state index in [1.807, 2.05) is 0 Å². The Morgan fingerprint density at radius 2 is 0.606 bits per heavy atom. The van der Waals surface area contributed by atoms with Crippen molar-refractivity contribution in [3.8, 4) is 22.3 Å². The maximum Gasteiger partial charge on any atom is 0.143 e. The first kappa shape index (κ1) is 36.7. The number of hydrogen-bond acceptors (Lipinski definition) is 2. The van der Waals surface area contributed by atoms with Crippen LogP contribution in [-0.4, -0.2) is 0 Å². The average Bonchev–Trinajstić information content (AvgIpc) is 3.77. The van der Waals surface area contributed by atoms with Crippen molar-refractivity contribution >= 4 is 114 Å². The van der Waals surface area contributed by atoms with Crippen molar-refractivity contribution in [2.24, 2.45) is 0 Å². The topological polar surface area (TPSA) is 16.4 Å². The predicted octanol–water partition coefficient (Wildman–Crippen LogP) is 18.5. The lowest BCUT2D eigenvalue weighted by Gasteiger charge is -2.26. The molecule has 0 saturated carbocycles. The highest BCUT2D eigenvalue weighted by Gasteiger charge is 2.19. The van der Waals surface area contributed by atoms with Gasteiger partial charge in [-0.25, -0.2) is 0 Å². The first-order valence-electron chi connectivity index (χ1n) is 22.7. The molecule has 0 atom stereocenters. The van der Waals surface area contributed by atoms with Gasteiger partial charge in [-0.05, 0) is 147 Å². The number of benzene rings is 13. The summed E-state index contributed by atoms with van der Waals surface area (Å²) in [6.07, 6.45) is 0. The van der Waals surface area contributed by atoms with Gasteiger partial charge in [0.05, 0.1) is 0 Å². The zero-order chi connectivity index (χ0) is 43.3. The molecule has 0 aliphatic heterocycles. The van der Waals surface area contributed by atoms with Crippen molar-refractivity contribution in [1.82, 2.24) is 0 Å². The number of rotatable bonds is 5. The summed E-state index contributed by atoms with van der Waals surface area (Å²) in [4.78, 5) is 2.38. The summed E-state index contributed by atoms with van der Waals surface area (Å²) in [5.41, 5.74) is 9.57. The summed E-state index contributed by atoms with van der Waals surface area (Å²) >= 11 is 0. The molecule has 1 heterocycles. The standard InChI is InChI=1S/C64H39NO/c1-2-18-48-40(13-1)27-33-60-59-34-30-47(39-63(59)66-64(48)60)65(45-16-11-14-41(35-45)43-28-31-57-53-23-5-3-19-49(53)51-21-7-9-25-55(51)61(57)37-43)46-17-12-15-42(36-46)44-29-32-58-54-24-6-4-20-50(54)52-22-8-10-26-56(52)62(58)38-44/h1-39H. The Morgan fingerprint density at radius 1 is 0.227 bits per heavy atom. The molecule has 0 spiro atoms. The molecule has 0 fully saturated rings. The summed E-state index contributed by atoms with van der Waals surface area (Å²) in [5, 5.41) is 19.8. The molecule has 0 bridgehead atoms. The molecule has 0 amide bonds. The first-order chi connectivity index (χ1) is 32.7. The van der Waals surface area contributed by atoms with E-state index in [0.29, 0.717) is 0 Å². The van der Waals surface area contributed by atoms with Crippen LogP contribution < -0.4 is 4.90 Å². The van der Waals surface area contributed by atoms with Crippen LogP contribution in [0.5, 0.6) is 0 Å². The summed E-state index contributed by atoms with van der Waals surface area (Å²) in [7, 11) is 0. The molecule has 0 aliphatic rings. The Morgan fingerprint density at radius 3 is 1.11 bits per heavy atom. The molecule has 0 N–H and O–H groups in total. The third kappa shape index (κ3) is 5.62. The van der Waals surface area contributed by atoms with Gasteiger partial charge in [0.1, 0.15) is 11.2 Å². The van der Waals surface area contributed by atoms with E-state index < -0.39 is 0 Å². The van der Waals surface area contributed by atoms with Crippen LogP contribution in [0, 0.1) is 0 Å². The molecule has 2 heteroatoms. The van der Waals surface area contributed by atoms with Gasteiger partial charge in [-0.1, -0.05) is 176 Å². The van der Waals surface area contributed by atoms with Crippen LogP contribution in [0.4, 0.5) is 17.1 Å². The van der Waals surface area contributed by atoms with E-state index in [4.69, 9.17) is 4.42 Å². The van der Waals surface area contributed by atoms with Crippen LogP contribution in [0.1, 0.15) is 0 Å². The fourth-order valence-corrected chi connectivity index (χ4v) is 10.9. The lowest BCUT2D eigenvalue weighted by Crippen LogP contribution is -2.10. The van der Waals surface area contributed by atoms with Gasteiger partial charge in [0.2, 0.25) is 0 Å². The van der Waals surface area contributed by atoms with Gasteiger partial charge >= 0.3 is 0 Å². The third-order valence-electron chi connectivity index (χ3n) is 14.0. The van der Waals surface area contributed by atoms with E-state index in [2.05, 4.69) is 241 Å². The number of hydrogen-bond donors (Lipinski definition) is 0. The molecule has 13 aromatic carbocycles. The Balaban J connectivity index is 0.954. The van der Waals surface area contributed by atoms with E-state index in [1.165, 1.54) is 81.1 Å². The monoisotopic (exact) mass is 837 g/mol. The molecule has 0 saturated heterocycles. The van der Waals surface area contributed by atoms with Gasteiger partial charge in [0, 0.05) is 39.3 Å².